The summed E-state index contributed by atoms with van der Waals surface area (Å²) in [5.41, 5.74) is 3.62. The van der Waals surface area contributed by atoms with E-state index in [4.69, 9.17) is 4.98 Å². The van der Waals surface area contributed by atoms with Gasteiger partial charge in [-0.15, -0.1) is 0 Å². The quantitative estimate of drug-likeness (QED) is 0.927. The van der Waals surface area contributed by atoms with Crippen LogP contribution in [0.5, 0.6) is 0 Å². The molecule has 0 saturated carbocycles. The number of hydrogen-bond acceptors (Lipinski definition) is 3. The molecule has 0 bridgehead atoms. The smallest absolute Gasteiger partial charge is 0.0726 e. The lowest BCUT2D eigenvalue weighted by Crippen LogP contribution is -2.30. The highest BCUT2D eigenvalue weighted by Crippen LogP contribution is 2.29. The van der Waals surface area contributed by atoms with Gasteiger partial charge in [-0.3, -0.25) is 4.98 Å². The Balaban J connectivity index is 1.98. The SMILES string of the molecule is CC(C)NCc1cc(N2CCCCC2)c2ccccc2n1. The first-order valence-electron chi connectivity index (χ1n) is 8.11. The average Bonchev–Trinajstić information content (AvgIpc) is 2.53. The zero-order chi connectivity index (χ0) is 14.7. The molecule has 0 unspecified atom stereocenters. The van der Waals surface area contributed by atoms with Crippen LogP contribution in [-0.2, 0) is 6.54 Å². The van der Waals surface area contributed by atoms with Crippen LogP contribution in [0.2, 0.25) is 0 Å². The fourth-order valence-electron chi connectivity index (χ4n) is 3.01. The van der Waals surface area contributed by atoms with Crippen LogP contribution in [0.1, 0.15) is 38.8 Å². The van der Waals surface area contributed by atoms with Gasteiger partial charge < -0.3 is 10.2 Å². The number of nitrogens with zero attached hydrogens (tertiary/aromatic N) is 2. The van der Waals surface area contributed by atoms with Crippen molar-refractivity contribution in [3.63, 3.8) is 0 Å². The maximum absolute atomic E-state index is 4.81. The Bertz CT molecular complexity index is 600. The Labute approximate surface area is 127 Å². The zero-order valence-electron chi connectivity index (χ0n) is 13.1. The fourth-order valence-corrected chi connectivity index (χ4v) is 3.01. The Hall–Kier alpha value is -1.61. The van der Waals surface area contributed by atoms with Gasteiger partial charge in [0.1, 0.15) is 0 Å². The van der Waals surface area contributed by atoms with E-state index in [9.17, 15) is 0 Å². The molecule has 0 radical (unpaired) electrons. The lowest BCUT2D eigenvalue weighted by atomic mass is 10.1. The van der Waals surface area contributed by atoms with Crippen LogP contribution >= 0.6 is 0 Å². The number of pyridine rings is 1. The van der Waals surface area contributed by atoms with Gasteiger partial charge in [0.25, 0.3) is 0 Å². The van der Waals surface area contributed by atoms with E-state index in [1.165, 1.54) is 43.4 Å². The molecular weight excluding hydrogens is 258 g/mol. The van der Waals surface area contributed by atoms with Crippen molar-refractivity contribution in [2.45, 2.75) is 45.7 Å². The van der Waals surface area contributed by atoms with E-state index in [1.807, 2.05) is 0 Å². The summed E-state index contributed by atoms with van der Waals surface area (Å²) in [5.74, 6) is 0. The third kappa shape index (κ3) is 3.35. The van der Waals surface area contributed by atoms with E-state index >= 15 is 0 Å². The molecule has 0 amide bonds. The molecule has 1 N–H and O–H groups in total. The lowest BCUT2D eigenvalue weighted by Gasteiger charge is -2.30. The predicted octanol–water partition coefficient (Wildman–Crippen LogP) is 3.72. The van der Waals surface area contributed by atoms with Gasteiger partial charge in [0, 0.05) is 36.7 Å². The number of anilines is 1. The summed E-state index contributed by atoms with van der Waals surface area (Å²) in [6.07, 6.45) is 3.97. The maximum atomic E-state index is 4.81. The number of rotatable bonds is 4. The summed E-state index contributed by atoms with van der Waals surface area (Å²) >= 11 is 0. The average molecular weight is 283 g/mol. The van der Waals surface area contributed by atoms with Crippen molar-refractivity contribution in [3.05, 3.63) is 36.0 Å². The molecule has 1 aliphatic rings. The highest BCUT2D eigenvalue weighted by molar-refractivity contribution is 5.92. The number of aromatic nitrogens is 1. The van der Waals surface area contributed by atoms with Gasteiger partial charge in [-0.1, -0.05) is 32.0 Å². The standard InChI is InChI=1S/C18H25N3/c1-14(2)19-13-15-12-18(21-10-6-3-7-11-21)16-8-4-5-9-17(16)20-15/h4-5,8-9,12,14,19H,3,6-7,10-11,13H2,1-2H3. The largest absolute Gasteiger partial charge is 0.371 e. The molecule has 1 aromatic carbocycles. The lowest BCUT2D eigenvalue weighted by molar-refractivity contribution is 0.574. The molecule has 3 rings (SSSR count). The first kappa shape index (κ1) is 14.3. The van der Waals surface area contributed by atoms with Crippen LogP contribution in [0.15, 0.2) is 30.3 Å². The molecule has 2 aromatic rings. The number of nitrogens with one attached hydrogen (secondary N) is 1. The van der Waals surface area contributed by atoms with Gasteiger partial charge in [0.2, 0.25) is 0 Å². The molecule has 2 heterocycles. The summed E-state index contributed by atoms with van der Waals surface area (Å²) in [6, 6.07) is 11.3. The van der Waals surface area contributed by atoms with E-state index in [-0.39, 0.29) is 0 Å². The van der Waals surface area contributed by atoms with Crippen LogP contribution in [0.25, 0.3) is 10.9 Å². The maximum Gasteiger partial charge on any atom is 0.0726 e. The highest BCUT2D eigenvalue weighted by Gasteiger charge is 2.15. The number of para-hydroxylation sites is 1. The molecule has 1 aromatic heterocycles. The van der Waals surface area contributed by atoms with E-state index < -0.39 is 0 Å². The molecular formula is C18H25N3. The minimum Gasteiger partial charge on any atom is -0.371 e. The summed E-state index contributed by atoms with van der Waals surface area (Å²) in [7, 11) is 0. The van der Waals surface area contributed by atoms with Gasteiger partial charge in [-0.05, 0) is 31.4 Å². The van der Waals surface area contributed by atoms with E-state index in [0.29, 0.717) is 6.04 Å². The number of benzene rings is 1. The predicted molar refractivity (Wildman–Crippen MR) is 89.8 cm³/mol. The Morgan fingerprint density at radius 3 is 2.67 bits per heavy atom. The molecule has 1 saturated heterocycles. The van der Waals surface area contributed by atoms with Crippen molar-refractivity contribution in [1.29, 1.82) is 0 Å². The Kier molecular flexibility index (Phi) is 4.39. The third-order valence-corrected chi connectivity index (χ3v) is 4.14. The van der Waals surface area contributed by atoms with Crippen LogP contribution in [0.3, 0.4) is 0 Å². The van der Waals surface area contributed by atoms with Crippen LogP contribution in [0.4, 0.5) is 5.69 Å². The highest BCUT2D eigenvalue weighted by atomic mass is 15.1. The molecule has 1 fully saturated rings. The number of piperidine rings is 1. The van der Waals surface area contributed by atoms with Crippen molar-refractivity contribution in [2.75, 3.05) is 18.0 Å². The van der Waals surface area contributed by atoms with Gasteiger partial charge in [0.15, 0.2) is 0 Å². The van der Waals surface area contributed by atoms with Gasteiger partial charge in [-0.2, -0.15) is 0 Å². The molecule has 1 aliphatic heterocycles. The normalized spacial score (nSPS) is 15.9. The number of hydrogen-bond donors (Lipinski definition) is 1. The van der Waals surface area contributed by atoms with Crippen molar-refractivity contribution < 1.29 is 0 Å². The van der Waals surface area contributed by atoms with E-state index in [0.717, 1.165) is 17.8 Å². The zero-order valence-corrected chi connectivity index (χ0v) is 13.1. The first-order valence-corrected chi connectivity index (χ1v) is 8.11. The van der Waals surface area contributed by atoms with Gasteiger partial charge in [0.05, 0.1) is 11.2 Å². The van der Waals surface area contributed by atoms with Crippen molar-refractivity contribution in [3.8, 4) is 0 Å². The Morgan fingerprint density at radius 2 is 1.90 bits per heavy atom. The first-order chi connectivity index (χ1) is 10.2. The van der Waals surface area contributed by atoms with Crippen LogP contribution < -0.4 is 10.2 Å². The van der Waals surface area contributed by atoms with Gasteiger partial charge >= 0.3 is 0 Å². The summed E-state index contributed by atoms with van der Waals surface area (Å²) in [5, 5.41) is 4.76. The summed E-state index contributed by atoms with van der Waals surface area (Å²) < 4.78 is 0. The van der Waals surface area contributed by atoms with Crippen molar-refractivity contribution in [2.24, 2.45) is 0 Å². The van der Waals surface area contributed by atoms with E-state index in [1.54, 1.807) is 0 Å². The topological polar surface area (TPSA) is 28.2 Å². The minimum absolute atomic E-state index is 0.483. The van der Waals surface area contributed by atoms with Crippen LogP contribution in [0, 0.1) is 0 Å². The van der Waals surface area contributed by atoms with Crippen molar-refractivity contribution >= 4 is 16.6 Å². The summed E-state index contributed by atoms with van der Waals surface area (Å²) in [6.45, 7) is 7.53. The molecule has 112 valence electrons. The Morgan fingerprint density at radius 1 is 1.14 bits per heavy atom. The number of fused-ring (bicyclic) bond motifs is 1. The second kappa shape index (κ2) is 6.44. The molecule has 3 heteroatoms. The molecule has 0 spiro atoms. The summed E-state index contributed by atoms with van der Waals surface area (Å²) in [4.78, 5) is 7.35. The van der Waals surface area contributed by atoms with Gasteiger partial charge in [-0.25, -0.2) is 0 Å². The molecule has 21 heavy (non-hydrogen) atoms. The van der Waals surface area contributed by atoms with E-state index in [2.05, 4.69) is 54.4 Å². The second-order valence-corrected chi connectivity index (χ2v) is 6.23. The van der Waals surface area contributed by atoms with Crippen LogP contribution in [-0.4, -0.2) is 24.1 Å². The monoisotopic (exact) mass is 283 g/mol. The second-order valence-electron chi connectivity index (χ2n) is 6.23. The van der Waals surface area contributed by atoms with Crippen molar-refractivity contribution in [1.82, 2.24) is 10.3 Å². The molecule has 3 nitrogen and oxygen atoms in total. The third-order valence-electron chi connectivity index (χ3n) is 4.14. The molecule has 0 atom stereocenters. The minimum atomic E-state index is 0.483. The molecule has 0 aliphatic carbocycles. The fraction of sp³-hybridized carbons (Fsp3) is 0.500.